The first-order valence-corrected chi connectivity index (χ1v) is 13.2. The molecule has 40 heavy (non-hydrogen) atoms. The fourth-order valence-corrected chi connectivity index (χ4v) is 4.61. The van der Waals surface area contributed by atoms with Crippen LogP contribution in [-0.2, 0) is 13.1 Å². The zero-order valence-electron chi connectivity index (χ0n) is 22.3. The highest BCUT2D eigenvalue weighted by molar-refractivity contribution is 6.04. The van der Waals surface area contributed by atoms with E-state index in [1.807, 2.05) is 24.3 Å². The number of carboxylic acid groups (broad SMARTS) is 1. The maximum absolute atomic E-state index is 12.7. The SMILES string of the molecule is Cc1cc(CN(Cc2ccc(-c3cc(NC(=O)c4ccc(OCCN5CCCC5)cc4)n[nH]3)cc2)C(=O)O)no1. The molecule has 0 atom stereocenters. The molecule has 3 heterocycles. The fraction of sp³-hybridized carbons (Fsp3) is 0.310. The van der Waals surface area contributed by atoms with Gasteiger partial charge in [-0.3, -0.25) is 19.7 Å². The number of hydrogen-bond donors (Lipinski definition) is 3. The predicted octanol–water partition coefficient (Wildman–Crippen LogP) is 4.78. The van der Waals surface area contributed by atoms with E-state index < -0.39 is 6.09 Å². The summed E-state index contributed by atoms with van der Waals surface area (Å²) in [6.07, 6.45) is 1.47. The van der Waals surface area contributed by atoms with Gasteiger partial charge < -0.3 is 19.7 Å². The normalized spacial score (nSPS) is 13.3. The predicted molar refractivity (Wildman–Crippen MR) is 148 cm³/mol. The second-order valence-corrected chi connectivity index (χ2v) is 9.81. The molecule has 1 saturated heterocycles. The minimum atomic E-state index is -1.04. The molecule has 4 aromatic rings. The lowest BCUT2D eigenvalue weighted by Gasteiger charge is -2.18. The molecular formula is C29H32N6O5. The van der Waals surface area contributed by atoms with Gasteiger partial charge in [0, 0.05) is 30.8 Å². The van der Waals surface area contributed by atoms with Crippen LogP contribution in [0.5, 0.6) is 5.75 Å². The summed E-state index contributed by atoms with van der Waals surface area (Å²) in [7, 11) is 0. The van der Waals surface area contributed by atoms with E-state index >= 15 is 0 Å². The van der Waals surface area contributed by atoms with Crippen molar-refractivity contribution < 1.29 is 24.0 Å². The molecule has 0 saturated carbocycles. The van der Waals surface area contributed by atoms with Crippen molar-refractivity contribution in [2.24, 2.45) is 0 Å². The smallest absolute Gasteiger partial charge is 0.407 e. The first-order chi connectivity index (χ1) is 19.4. The van der Waals surface area contributed by atoms with Crippen LogP contribution in [0.3, 0.4) is 0 Å². The van der Waals surface area contributed by atoms with Crippen LogP contribution in [0.4, 0.5) is 10.6 Å². The van der Waals surface area contributed by atoms with Crippen molar-refractivity contribution in [3.05, 3.63) is 83.2 Å². The zero-order valence-corrected chi connectivity index (χ0v) is 22.3. The Morgan fingerprint density at radius 1 is 1.07 bits per heavy atom. The number of benzene rings is 2. The average molecular weight is 545 g/mol. The van der Waals surface area contributed by atoms with Crippen LogP contribution in [0.2, 0.25) is 0 Å². The number of nitrogens with zero attached hydrogens (tertiary/aromatic N) is 4. The van der Waals surface area contributed by atoms with Gasteiger partial charge in [0.15, 0.2) is 5.82 Å². The van der Waals surface area contributed by atoms with E-state index in [4.69, 9.17) is 9.26 Å². The Morgan fingerprint density at radius 2 is 1.82 bits per heavy atom. The number of H-pyrrole nitrogens is 1. The monoisotopic (exact) mass is 544 g/mol. The standard InChI is InChI=1S/C29H32N6O5/c1-20-16-24(33-40-20)19-35(29(37)38)18-21-4-6-22(7-5-21)26-17-27(32-31-26)30-28(36)23-8-10-25(11-9-23)39-15-14-34-12-2-3-13-34/h4-11,16-17H,2-3,12-15,18-19H2,1H3,(H,37,38)(H2,30,31,32,36). The summed E-state index contributed by atoms with van der Waals surface area (Å²) in [5, 5.41) is 23.4. The quantitative estimate of drug-likeness (QED) is 0.245. The number of nitrogens with one attached hydrogen (secondary N) is 2. The van der Waals surface area contributed by atoms with Gasteiger partial charge in [0.2, 0.25) is 0 Å². The molecule has 2 amide bonds. The first kappa shape index (κ1) is 26.9. The van der Waals surface area contributed by atoms with E-state index in [1.54, 1.807) is 43.3 Å². The Balaban J connectivity index is 1.13. The van der Waals surface area contributed by atoms with E-state index in [1.165, 1.54) is 17.7 Å². The molecule has 11 nitrogen and oxygen atoms in total. The van der Waals surface area contributed by atoms with Crippen LogP contribution in [0.25, 0.3) is 11.3 Å². The van der Waals surface area contributed by atoms with Crippen LogP contribution in [0.1, 0.15) is 40.2 Å². The molecule has 1 aliphatic rings. The maximum Gasteiger partial charge on any atom is 0.407 e. The Morgan fingerprint density at radius 3 is 2.50 bits per heavy atom. The molecule has 11 heteroatoms. The van der Waals surface area contributed by atoms with Gasteiger partial charge in [0.25, 0.3) is 5.91 Å². The molecule has 208 valence electrons. The van der Waals surface area contributed by atoms with Gasteiger partial charge >= 0.3 is 6.09 Å². The summed E-state index contributed by atoms with van der Waals surface area (Å²) in [4.78, 5) is 28.1. The zero-order chi connectivity index (χ0) is 27.9. The van der Waals surface area contributed by atoms with Crippen molar-refractivity contribution in [1.29, 1.82) is 0 Å². The highest BCUT2D eigenvalue weighted by atomic mass is 16.5. The number of aryl methyl sites for hydroxylation is 1. The summed E-state index contributed by atoms with van der Waals surface area (Å²) < 4.78 is 10.8. The average Bonchev–Trinajstić information content (AvgIpc) is 3.72. The van der Waals surface area contributed by atoms with Crippen LogP contribution in [0.15, 0.2) is 65.2 Å². The summed E-state index contributed by atoms with van der Waals surface area (Å²) in [5.74, 6) is 1.50. The molecule has 3 N–H and O–H groups in total. The number of amides is 2. The van der Waals surface area contributed by atoms with E-state index in [-0.39, 0.29) is 19.0 Å². The van der Waals surface area contributed by atoms with Crippen molar-refractivity contribution in [2.75, 3.05) is 31.6 Å². The Hall–Kier alpha value is -4.64. The second-order valence-electron chi connectivity index (χ2n) is 9.81. The largest absolute Gasteiger partial charge is 0.492 e. The number of aromatic amines is 1. The second kappa shape index (κ2) is 12.5. The number of rotatable bonds is 11. The van der Waals surface area contributed by atoms with Crippen molar-refractivity contribution >= 4 is 17.8 Å². The fourth-order valence-electron chi connectivity index (χ4n) is 4.61. The number of aromatic nitrogens is 3. The molecule has 0 aliphatic carbocycles. The third-order valence-corrected chi connectivity index (χ3v) is 6.75. The van der Waals surface area contributed by atoms with Gasteiger partial charge in [-0.1, -0.05) is 29.4 Å². The third-order valence-electron chi connectivity index (χ3n) is 6.75. The highest BCUT2D eigenvalue weighted by Gasteiger charge is 2.16. The molecular weight excluding hydrogens is 512 g/mol. The molecule has 0 spiro atoms. The van der Waals surface area contributed by atoms with E-state index in [2.05, 4.69) is 25.6 Å². The number of hydrogen-bond acceptors (Lipinski definition) is 7. The van der Waals surface area contributed by atoms with Crippen LogP contribution >= 0.6 is 0 Å². The van der Waals surface area contributed by atoms with Crippen LogP contribution < -0.4 is 10.1 Å². The van der Waals surface area contributed by atoms with Crippen LogP contribution in [-0.4, -0.2) is 68.5 Å². The van der Waals surface area contributed by atoms with E-state index in [0.29, 0.717) is 29.4 Å². The molecule has 1 fully saturated rings. The van der Waals surface area contributed by atoms with Gasteiger partial charge in [-0.05, 0) is 68.2 Å². The van der Waals surface area contributed by atoms with Gasteiger partial charge in [0.1, 0.15) is 23.8 Å². The minimum Gasteiger partial charge on any atom is -0.492 e. The summed E-state index contributed by atoms with van der Waals surface area (Å²) in [5.41, 5.74) is 3.45. The number of carbonyl (C=O) groups is 2. The summed E-state index contributed by atoms with van der Waals surface area (Å²) in [6, 6.07) is 18.0. The third kappa shape index (κ3) is 7.06. The van der Waals surface area contributed by atoms with Crippen LogP contribution in [0, 0.1) is 6.92 Å². The van der Waals surface area contributed by atoms with Crippen molar-refractivity contribution in [3.8, 4) is 17.0 Å². The number of likely N-dealkylation sites (tertiary alicyclic amines) is 1. The lowest BCUT2D eigenvalue weighted by atomic mass is 10.1. The number of ether oxygens (including phenoxy) is 1. The Labute approximate surface area is 231 Å². The maximum atomic E-state index is 12.7. The van der Waals surface area contributed by atoms with E-state index in [0.717, 1.165) is 42.2 Å². The van der Waals surface area contributed by atoms with Gasteiger partial charge in [-0.15, -0.1) is 0 Å². The lowest BCUT2D eigenvalue weighted by Crippen LogP contribution is -2.28. The van der Waals surface area contributed by atoms with Crippen molar-refractivity contribution in [2.45, 2.75) is 32.9 Å². The number of carbonyl (C=O) groups excluding carboxylic acids is 1. The lowest BCUT2D eigenvalue weighted by molar-refractivity contribution is 0.102. The van der Waals surface area contributed by atoms with Gasteiger partial charge in [-0.25, -0.2) is 4.79 Å². The Kier molecular flexibility index (Phi) is 8.41. The molecule has 0 unspecified atom stereocenters. The molecule has 2 aromatic heterocycles. The molecule has 0 radical (unpaired) electrons. The summed E-state index contributed by atoms with van der Waals surface area (Å²) >= 11 is 0. The van der Waals surface area contributed by atoms with Gasteiger partial charge in [-0.2, -0.15) is 5.10 Å². The summed E-state index contributed by atoms with van der Waals surface area (Å²) in [6.45, 7) is 5.91. The first-order valence-electron chi connectivity index (χ1n) is 13.2. The number of anilines is 1. The molecule has 1 aliphatic heterocycles. The highest BCUT2D eigenvalue weighted by Crippen LogP contribution is 2.22. The van der Waals surface area contributed by atoms with Crippen molar-refractivity contribution in [3.63, 3.8) is 0 Å². The Bertz CT molecular complexity index is 1420. The topological polar surface area (TPSA) is 137 Å². The molecule has 2 aromatic carbocycles. The van der Waals surface area contributed by atoms with Gasteiger partial charge in [0.05, 0.1) is 12.2 Å². The molecule has 0 bridgehead atoms. The minimum absolute atomic E-state index is 0.131. The van der Waals surface area contributed by atoms with E-state index in [9.17, 15) is 14.7 Å². The van der Waals surface area contributed by atoms with Crippen molar-refractivity contribution in [1.82, 2.24) is 25.2 Å². The molecule has 5 rings (SSSR count).